The Bertz CT molecular complexity index is 336. The molecule has 0 radical (unpaired) electrons. The van der Waals surface area contributed by atoms with E-state index in [1.54, 1.807) is 12.1 Å². The molecule has 0 unspecified atom stereocenters. The number of thiophene rings is 1. The number of carbonyl (C=O) groups is 1. The molecule has 1 aromatic rings. The molecule has 84 valence electrons. The van der Waals surface area contributed by atoms with Crippen molar-refractivity contribution in [3.8, 4) is 0 Å². The van der Waals surface area contributed by atoms with Crippen LogP contribution < -0.4 is 5.73 Å². The van der Waals surface area contributed by atoms with E-state index >= 15 is 0 Å². The lowest BCUT2D eigenvalue weighted by molar-refractivity contribution is 0.0792. The van der Waals surface area contributed by atoms with Crippen molar-refractivity contribution in [1.29, 1.82) is 0 Å². The van der Waals surface area contributed by atoms with Crippen LogP contribution in [0.2, 0.25) is 4.34 Å². The van der Waals surface area contributed by atoms with E-state index in [1.807, 2.05) is 13.8 Å². The molecule has 1 heterocycles. The van der Waals surface area contributed by atoms with Crippen LogP contribution in [0.4, 0.5) is 0 Å². The lowest BCUT2D eigenvalue weighted by atomic mass is 9.78. The first kappa shape index (κ1) is 12.7. The third-order valence-electron chi connectivity index (χ3n) is 3.02. The summed E-state index contributed by atoms with van der Waals surface area (Å²) in [7, 11) is 0. The Balaban J connectivity index is 3.00. The number of hydrogen-bond donors (Lipinski definition) is 1. The molecule has 0 saturated carbocycles. The van der Waals surface area contributed by atoms with Crippen LogP contribution in [0, 0.1) is 5.41 Å². The molecule has 1 rings (SSSR count). The molecule has 15 heavy (non-hydrogen) atoms. The van der Waals surface area contributed by atoms with Crippen molar-refractivity contribution in [2.24, 2.45) is 11.1 Å². The first-order valence-electron chi connectivity index (χ1n) is 5.10. The topological polar surface area (TPSA) is 43.1 Å². The van der Waals surface area contributed by atoms with Gasteiger partial charge in [0.25, 0.3) is 0 Å². The largest absolute Gasteiger partial charge is 0.329 e. The smallest absolute Gasteiger partial charge is 0.180 e. The summed E-state index contributed by atoms with van der Waals surface area (Å²) in [5.74, 6) is 0.131. The van der Waals surface area contributed by atoms with Crippen LogP contribution in [-0.2, 0) is 0 Å². The number of ketones is 1. The zero-order valence-electron chi connectivity index (χ0n) is 9.05. The number of rotatable bonds is 5. The van der Waals surface area contributed by atoms with Gasteiger partial charge in [0.15, 0.2) is 5.78 Å². The van der Waals surface area contributed by atoms with Gasteiger partial charge >= 0.3 is 0 Å². The molecule has 1 aromatic heterocycles. The maximum atomic E-state index is 12.2. The SMILES string of the molecule is CCC(CC)(CN)C(=O)c1ccc(Cl)s1. The quantitative estimate of drug-likeness (QED) is 0.809. The summed E-state index contributed by atoms with van der Waals surface area (Å²) in [6.45, 7) is 4.40. The fourth-order valence-corrected chi connectivity index (χ4v) is 2.75. The van der Waals surface area contributed by atoms with Gasteiger partial charge in [-0.25, -0.2) is 0 Å². The highest BCUT2D eigenvalue weighted by Gasteiger charge is 2.34. The Labute approximate surface area is 99.4 Å². The van der Waals surface area contributed by atoms with Gasteiger partial charge in [-0.05, 0) is 25.0 Å². The first-order valence-corrected chi connectivity index (χ1v) is 6.29. The molecule has 2 N–H and O–H groups in total. The maximum absolute atomic E-state index is 12.2. The Kier molecular flexibility index (Phi) is 4.32. The van der Waals surface area contributed by atoms with Crippen molar-refractivity contribution in [3.63, 3.8) is 0 Å². The van der Waals surface area contributed by atoms with Gasteiger partial charge < -0.3 is 5.73 Å². The van der Waals surface area contributed by atoms with Crippen LogP contribution in [-0.4, -0.2) is 12.3 Å². The van der Waals surface area contributed by atoms with E-state index in [0.29, 0.717) is 15.8 Å². The second kappa shape index (κ2) is 5.10. The van der Waals surface area contributed by atoms with Crippen molar-refractivity contribution in [3.05, 3.63) is 21.3 Å². The monoisotopic (exact) mass is 245 g/mol. The minimum atomic E-state index is -0.409. The fourth-order valence-electron chi connectivity index (χ4n) is 1.65. The van der Waals surface area contributed by atoms with Crippen molar-refractivity contribution >= 4 is 28.7 Å². The molecule has 0 saturated heterocycles. The summed E-state index contributed by atoms with van der Waals surface area (Å²) in [4.78, 5) is 13.0. The van der Waals surface area contributed by atoms with Crippen molar-refractivity contribution in [2.45, 2.75) is 26.7 Å². The van der Waals surface area contributed by atoms with Crippen molar-refractivity contribution < 1.29 is 4.79 Å². The van der Waals surface area contributed by atoms with Gasteiger partial charge in [-0.3, -0.25) is 4.79 Å². The van der Waals surface area contributed by atoms with E-state index in [4.69, 9.17) is 17.3 Å². The third kappa shape index (κ3) is 2.41. The second-order valence-electron chi connectivity index (χ2n) is 3.62. The van der Waals surface area contributed by atoms with Crippen LogP contribution in [0.1, 0.15) is 36.4 Å². The van der Waals surface area contributed by atoms with Gasteiger partial charge in [0.05, 0.1) is 9.21 Å². The Morgan fingerprint density at radius 1 is 1.47 bits per heavy atom. The summed E-state index contributed by atoms with van der Waals surface area (Å²) < 4.78 is 0.650. The number of carbonyl (C=O) groups excluding carboxylic acids is 1. The number of Topliss-reactive ketones (excluding diaryl/α,β-unsaturated/α-hetero) is 1. The summed E-state index contributed by atoms with van der Waals surface area (Å²) in [6, 6.07) is 3.54. The van der Waals surface area contributed by atoms with E-state index in [9.17, 15) is 4.79 Å². The predicted molar refractivity (Wildman–Crippen MR) is 65.7 cm³/mol. The normalized spacial score (nSPS) is 11.7. The molecule has 0 fully saturated rings. The van der Waals surface area contributed by atoms with Gasteiger partial charge in [-0.1, -0.05) is 25.4 Å². The predicted octanol–water partition coefficient (Wildman–Crippen LogP) is 3.35. The minimum Gasteiger partial charge on any atom is -0.329 e. The van der Waals surface area contributed by atoms with Gasteiger partial charge in [0, 0.05) is 12.0 Å². The van der Waals surface area contributed by atoms with E-state index in [-0.39, 0.29) is 5.78 Å². The summed E-state index contributed by atoms with van der Waals surface area (Å²) in [6.07, 6.45) is 1.54. The van der Waals surface area contributed by atoms with E-state index in [2.05, 4.69) is 0 Å². The fraction of sp³-hybridized carbons (Fsp3) is 0.545. The molecular formula is C11H16ClNOS. The van der Waals surface area contributed by atoms with Crippen molar-refractivity contribution in [1.82, 2.24) is 0 Å². The Hall–Kier alpha value is -0.380. The molecule has 0 aliphatic rings. The van der Waals surface area contributed by atoms with Crippen LogP contribution >= 0.6 is 22.9 Å². The lowest BCUT2D eigenvalue weighted by Gasteiger charge is -2.27. The number of halogens is 1. The van der Waals surface area contributed by atoms with Gasteiger partial charge in [-0.2, -0.15) is 0 Å². The highest BCUT2D eigenvalue weighted by Crippen LogP contribution is 2.33. The number of hydrogen-bond acceptors (Lipinski definition) is 3. The van der Waals surface area contributed by atoms with Gasteiger partial charge in [-0.15, -0.1) is 11.3 Å². The van der Waals surface area contributed by atoms with Gasteiger partial charge in [0.1, 0.15) is 0 Å². The summed E-state index contributed by atoms with van der Waals surface area (Å²) in [5.41, 5.74) is 5.32. The Morgan fingerprint density at radius 2 is 2.07 bits per heavy atom. The summed E-state index contributed by atoms with van der Waals surface area (Å²) in [5, 5.41) is 0. The average Bonchev–Trinajstić information content (AvgIpc) is 2.68. The highest BCUT2D eigenvalue weighted by molar-refractivity contribution is 7.18. The lowest BCUT2D eigenvalue weighted by Crippen LogP contribution is -2.37. The maximum Gasteiger partial charge on any atom is 0.180 e. The molecule has 0 atom stereocenters. The average molecular weight is 246 g/mol. The molecular weight excluding hydrogens is 230 g/mol. The molecule has 0 aliphatic carbocycles. The summed E-state index contributed by atoms with van der Waals surface area (Å²) >= 11 is 7.15. The molecule has 4 heteroatoms. The number of nitrogens with two attached hydrogens (primary N) is 1. The second-order valence-corrected chi connectivity index (χ2v) is 5.34. The van der Waals surface area contributed by atoms with E-state index < -0.39 is 5.41 Å². The van der Waals surface area contributed by atoms with E-state index in [0.717, 1.165) is 12.8 Å². The van der Waals surface area contributed by atoms with Crippen LogP contribution in [0.25, 0.3) is 0 Å². The molecule has 0 spiro atoms. The van der Waals surface area contributed by atoms with Gasteiger partial charge in [0.2, 0.25) is 0 Å². The molecule has 0 aliphatic heterocycles. The van der Waals surface area contributed by atoms with Crippen LogP contribution in [0.15, 0.2) is 12.1 Å². The highest BCUT2D eigenvalue weighted by atomic mass is 35.5. The molecule has 2 nitrogen and oxygen atoms in total. The minimum absolute atomic E-state index is 0.131. The first-order chi connectivity index (χ1) is 7.09. The zero-order chi connectivity index (χ0) is 11.5. The van der Waals surface area contributed by atoms with Crippen LogP contribution in [0.5, 0.6) is 0 Å². The zero-order valence-corrected chi connectivity index (χ0v) is 10.6. The third-order valence-corrected chi connectivity index (χ3v) is 4.25. The standard InChI is InChI=1S/C11H16ClNOS/c1-3-11(4-2,7-13)10(14)8-5-6-9(12)15-8/h5-6H,3-4,7,13H2,1-2H3. The molecule has 0 bridgehead atoms. The van der Waals surface area contributed by atoms with Crippen molar-refractivity contribution in [2.75, 3.05) is 6.54 Å². The Morgan fingerprint density at radius 3 is 2.40 bits per heavy atom. The molecule has 0 aromatic carbocycles. The van der Waals surface area contributed by atoms with Crippen LogP contribution in [0.3, 0.4) is 0 Å². The molecule has 0 amide bonds. The van der Waals surface area contributed by atoms with E-state index in [1.165, 1.54) is 11.3 Å².